The second-order valence-corrected chi connectivity index (χ2v) is 8.73. The zero-order chi connectivity index (χ0) is 22.4. The SMILES string of the molecule is COc1ccc(CN(C(=O)Cc2c(Cl)cccc2Cl)[C@@H](C)C(=O)NC2CCCC2)cc1. The first-order valence-corrected chi connectivity index (χ1v) is 11.3. The molecule has 5 nitrogen and oxygen atoms in total. The van der Waals surface area contributed by atoms with Crippen molar-refractivity contribution in [3.8, 4) is 5.75 Å². The maximum Gasteiger partial charge on any atom is 0.242 e. The number of rotatable bonds is 8. The molecule has 0 saturated heterocycles. The number of hydrogen-bond donors (Lipinski definition) is 1. The highest BCUT2D eigenvalue weighted by Gasteiger charge is 2.29. The fraction of sp³-hybridized carbons (Fsp3) is 0.417. The van der Waals surface area contributed by atoms with E-state index in [0.29, 0.717) is 22.2 Å². The van der Waals surface area contributed by atoms with E-state index < -0.39 is 6.04 Å². The molecule has 1 aliphatic rings. The standard InChI is InChI=1S/C24H28Cl2N2O3/c1-16(24(30)27-18-6-3-4-7-18)28(15-17-10-12-19(31-2)13-11-17)23(29)14-20-21(25)8-5-9-22(20)26/h5,8-13,16,18H,3-4,6-7,14-15H2,1-2H3,(H,27,30)/t16-/m0/s1. The zero-order valence-corrected chi connectivity index (χ0v) is 19.4. The largest absolute Gasteiger partial charge is 0.497 e. The summed E-state index contributed by atoms with van der Waals surface area (Å²) in [5.74, 6) is 0.385. The van der Waals surface area contributed by atoms with Crippen LogP contribution in [0.1, 0.15) is 43.7 Å². The monoisotopic (exact) mass is 462 g/mol. The molecule has 31 heavy (non-hydrogen) atoms. The molecule has 0 bridgehead atoms. The minimum absolute atomic E-state index is 0.0235. The maximum absolute atomic E-state index is 13.3. The highest BCUT2D eigenvalue weighted by molar-refractivity contribution is 6.36. The Morgan fingerprint density at radius 2 is 1.71 bits per heavy atom. The first-order valence-electron chi connectivity index (χ1n) is 10.5. The number of nitrogens with one attached hydrogen (secondary N) is 1. The van der Waals surface area contributed by atoms with Gasteiger partial charge in [0.25, 0.3) is 0 Å². The van der Waals surface area contributed by atoms with E-state index in [4.69, 9.17) is 27.9 Å². The molecule has 0 heterocycles. The van der Waals surface area contributed by atoms with Crippen LogP contribution in [-0.4, -0.2) is 35.9 Å². The van der Waals surface area contributed by atoms with E-state index in [1.165, 1.54) is 0 Å². The lowest BCUT2D eigenvalue weighted by atomic mass is 10.1. The van der Waals surface area contributed by atoms with Gasteiger partial charge in [-0.05, 0) is 55.2 Å². The van der Waals surface area contributed by atoms with E-state index in [-0.39, 0.29) is 24.3 Å². The molecule has 2 amide bonds. The Hall–Kier alpha value is -2.24. The molecule has 7 heteroatoms. The van der Waals surface area contributed by atoms with Crippen molar-refractivity contribution in [2.24, 2.45) is 0 Å². The quantitative estimate of drug-likeness (QED) is 0.598. The van der Waals surface area contributed by atoms with Crippen molar-refractivity contribution in [2.45, 2.75) is 57.7 Å². The fourth-order valence-electron chi connectivity index (χ4n) is 3.86. The number of methoxy groups -OCH3 is 1. The van der Waals surface area contributed by atoms with E-state index >= 15 is 0 Å². The first kappa shape index (κ1) is 23.4. The molecule has 0 unspecified atom stereocenters. The van der Waals surface area contributed by atoms with Gasteiger partial charge in [0.1, 0.15) is 11.8 Å². The third kappa shape index (κ3) is 6.14. The number of carbonyl (C=O) groups is 2. The van der Waals surface area contributed by atoms with Gasteiger partial charge in [0.2, 0.25) is 11.8 Å². The highest BCUT2D eigenvalue weighted by Crippen LogP contribution is 2.26. The summed E-state index contributed by atoms with van der Waals surface area (Å²) in [7, 11) is 1.60. The van der Waals surface area contributed by atoms with E-state index in [1.54, 1.807) is 37.1 Å². The van der Waals surface area contributed by atoms with Gasteiger partial charge in [-0.15, -0.1) is 0 Å². The van der Waals surface area contributed by atoms with Crippen molar-refractivity contribution in [3.63, 3.8) is 0 Å². The van der Waals surface area contributed by atoms with Gasteiger partial charge >= 0.3 is 0 Å². The summed E-state index contributed by atoms with van der Waals surface area (Å²) in [5, 5.41) is 3.98. The smallest absolute Gasteiger partial charge is 0.242 e. The lowest BCUT2D eigenvalue weighted by molar-refractivity contribution is -0.140. The van der Waals surface area contributed by atoms with Crippen molar-refractivity contribution in [3.05, 3.63) is 63.6 Å². The number of carbonyl (C=O) groups excluding carboxylic acids is 2. The highest BCUT2D eigenvalue weighted by atomic mass is 35.5. The van der Waals surface area contributed by atoms with E-state index in [9.17, 15) is 9.59 Å². The first-order chi connectivity index (χ1) is 14.9. The molecule has 1 aliphatic carbocycles. The van der Waals surface area contributed by atoms with Crippen molar-refractivity contribution >= 4 is 35.0 Å². The molecular weight excluding hydrogens is 435 g/mol. The lowest BCUT2D eigenvalue weighted by Crippen LogP contribution is -2.50. The lowest BCUT2D eigenvalue weighted by Gasteiger charge is -2.30. The Morgan fingerprint density at radius 3 is 2.29 bits per heavy atom. The van der Waals surface area contributed by atoms with E-state index in [2.05, 4.69) is 5.32 Å². The third-order valence-corrected chi connectivity index (χ3v) is 6.48. The third-order valence-electron chi connectivity index (χ3n) is 5.77. The van der Waals surface area contributed by atoms with Crippen LogP contribution in [0.15, 0.2) is 42.5 Å². The minimum Gasteiger partial charge on any atom is -0.497 e. The molecule has 2 aromatic rings. The van der Waals surface area contributed by atoms with Gasteiger partial charge in [0.15, 0.2) is 0 Å². The predicted octanol–water partition coefficient (Wildman–Crippen LogP) is 5.02. The Morgan fingerprint density at radius 1 is 1.10 bits per heavy atom. The minimum atomic E-state index is -0.628. The van der Waals surface area contributed by atoms with Crippen LogP contribution >= 0.6 is 23.2 Å². The molecule has 0 radical (unpaired) electrons. The molecule has 0 aliphatic heterocycles. The molecule has 1 saturated carbocycles. The van der Waals surface area contributed by atoms with Gasteiger partial charge in [0, 0.05) is 22.6 Å². The molecule has 0 spiro atoms. The second-order valence-electron chi connectivity index (χ2n) is 7.91. The van der Waals surface area contributed by atoms with Gasteiger partial charge in [-0.2, -0.15) is 0 Å². The molecule has 166 valence electrons. The fourth-order valence-corrected chi connectivity index (χ4v) is 4.39. The van der Waals surface area contributed by atoms with Crippen LogP contribution in [0.2, 0.25) is 10.0 Å². The molecule has 0 aromatic heterocycles. The topological polar surface area (TPSA) is 58.6 Å². The summed E-state index contributed by atoms with van der Waals surface area (Å²) < 4.78 is 5.21. The molecule has 1 atom stereocenters. The van der Waals surface area contributed by atoms with Crippen LogP contribution in [0.4, 0.5) is 0 Å². The zero-order valence-electron chi connectivity index (χ0n) is 17.9. The van der Waals surface area contributed by atoms with Crippen LogP contribution in [0.3, 0.4) is 0 Å². The summed E-state index contributed by atoms with van der Waals surface area (Å²) in [6.07, 6.45) is 4.24. The molecular formula is C24H28Cl2N2O3. The average Bonchev–Trinajstić information content (AvgIpc) is 3.27. The average molecular weight is 463 g/mol. The molecule has 1 N–H and O–H groups in total. The summed E-state index contributed by atoms with van der Waals surface area (Å²) in [6, 6.07) is 12.2. The van der Waals surface area contributed by atoms with Gasteiger partial charge in [-0.25, -0.2) is 0 Å². The molecule has 2 aromatic carbocycles. The number of benzene rings is 2. The number of nitrogens with zero attached hydrogens (tertiary/aromatic N) is 1. The number of amides is 2. The summed E-state index contributed by atoms with van der Waals surface area (Å²) in [5.41, 5.74) is 1.47. The second kappa shape index (κ2) is 10.9. The predicted molar refractivity (Wildman–Crippen MR) is 124 cm³/mol. The number of halogens is 2. The summed E-state index contributed by atoms with van der Waals surface area (Å²) in [4.78, 5) is 27.9. The van der Waals surface area contributed by atoms with Crippen LogP contribution in [0.5, 0.6) is 5.75 Å². The Bertz CT molecular complexity index is 891. The summed E-state index contributed by atoms with van der Waals surface area (Å²) >= 11 is 12.6. The Balaban J connectivity index is 1.81. The van der Waals surface area contributed by atoms with Crippen molar-refractivity contribution in [1.82, 2.24) is 10.2 Å². The molecule has 1 fully saturated rings. The normalized spacial score (nSPS) is 14.8. The van der Waals surface area contributed by atoms with Gasteiger partial charge in [-0.3, -0.25) is 9.59 Å². The van der Waals surface area contributed by atoms with Gasteiger partial charge < -0.3 is 15.0 Å². The Labute approximate surface area is 193 Å². The van der Waals surface area contributed by atoms with Crippen molar-refractivity contribution in [2.75, 3.05) is 7.11 Å². The molecule has 3 rings (SSSR count). The van der Waals surface area contributed by atoms with Gasteiger partial charge in [0.05, 0.1) is 13.5 Å². The van der Waals surface area contributed by atoms with E-state index in [0.717, 1.165) is 37.0 Å². The van der Waals surface area contributed by atoms with Crippen molar-refractivity contribution in [1.29, 1.82) is 0 Å². The van der Waals surface area contributed by atoms with Crippen LogP contribution in [-0.2, 0) is 22.6 Å². The van der Waals surface area contributed by atoms with Crippen LogP contribution in [0.25, 0.3) is 0 Å². The van der Waals surface area contributed by atoms with Gasteiger partial charge in [-0.1, -0.05) is 54.2 Å². The summed E-state index contributed by atoms with van der Waals surface area (Å²) in [6.45, 7) is 2.06. The number of ether oxygens (including phenoxy) is 1. The van der Waals surface area contributed by atoms with Crippen LogP contribution < -0.4 is 10.1 Å². The number of hydrogen-bond acceptors (Lipinski definition) is 3. The van der Waals surface area contributed by atoms with Crippen LogP contribution in [0, 0.1) is 0 Å². The maximum atomic E-state index is 13.3. The van der Waals surface area contributed by atoms with E-state index in [1.807, 2.05) is 24.3 Å². The van der Waals surface area contributed by atoms with Crippen molar-refractivity contribution < 1.29 is 14.3 Å². The Kier molecular flexibility index (Phi) is 8.22.